The third kappa shape index (κ3) is 4.98. The van der Waals surface area contributed by atoms with Gasteiger partial charge in [-0.05, 0) is 26.7 Å². The molecule has 1 aromatic heterocycles. The van der Waals surface area contributed by atoms with Gasteiger partial charge in [-0.2, -0.15) is 0 Å². The van der Waals surface area contributed by atoms with Gasteiger partial charge in [0.2, 0.25) is 5.91 Å². The molecule has 0 aliphatic rings. The van der Waals surface area contributed by atoms with Gasteiger partial charge >= 0.3 is 0 Å². The number of nitrogens with zero attached hydrogens (tertiary/aromatic N) is 3. The lowest BCUT2D eigenvalue weighted by Crippen LogP contribution is -2.33. The van der Waals surface area contributed by atoms with Gasteiger partial charge in [0.1, 0.15) is 6.33 Å². The molecule has 19 heavy (non-hydrogen) atoms. The molecule has 1 rings (SSSR count). The van der Waals surface area contributed by atoms with Crippen molar-refractivity contribution < 1.29 is 4.79 Å². The Morgan fingerprint density at radius 3 is 2.63 bits per heavy atom. The zero-order chi connectivity index (χ0) is 14.4. The molecule has 1 amide bonds. The minimum atomic E-state index is -0.129. The number of carbonyl (C=O) groups is 1. The van der Waals surface area contributed by atoms with E-state index in [0.717, 1.165) is 25.1 Å². The van der Waals surface area contributed by atoms with Crippen LogP contribution in [0.1, 0.15) is 51.9 Å². The summed E-state index contributed by atoms with van der Waals surface area (Å²) in [7, 11) is 1.87. The van der Waals surface area contributed by atoms with E-state index in [4.69, 9.17) is 5.73 Å². The van der Waals surface area contributed by atoms with Crippen LogP contribution in [-0.4, -0.2) is 26.7 Å². The van der Waals surface area contributed by atoms with Gasteiger partial charge in [-0.3, -0.25) is 4.79 Å². The van der Waals surface area contributed by atoms with Crippen LogP contribution in [-0.2, 0) is 11.8 Å². The quantitative estimate of drug-likeness (QED) is 0.776. The molecule has 6 nitrogen and oxygen atoms in total. The molecule has 0 fully saturated rings. The summed E-state index contributed by atoms with van der Waals surface area (Å²) in [5.41, 5.74) is 5.70. The number of aromatic nitrogens is 3. The monoisotopic (exact) mass is 267 g/mol. The Morgan fingerprint density at radius 2 is 2.11 bits per heavy atom. The summed E-state index contributed by atoms with van der Waals surface area (Å²) in [6.45, 7) is 5.84. The molecular formula is C13H25N5O. The van der Waals surface area contributed by atoms with Crippen molar-refractivity contribution in [2.24, 2.45) is 18.7 Å². The van der Waals surface area contributed by atoms with Crippen LogP contribution in [0, 0.1) is 5.92 Å². The van der Waals surface area contributed by atoms with Crippen molar-refractivity contribution in [3.63, 3.8) is 0 Å². The maximum atomic E-state index is 12.0. The highest BCUT2D eigenvalue weighted by Gasteiger charge is 2.18. The second-order valence-corrected chi connectivity index (χ2v) is 5.34. The van der Waals surface area contributed by atoms with Crippen LogP contribution in [0.15, 0.2) is 6.33 Å². The normalized spacial score (nSPS) is 15.8. The summed E-state index contributed by atoms with van der Waals surface area (Å²) in [5, 5.41) is 10.8. The molecule has 0 aliphatic heterocycles. The van der Waals surface area contributed by atoms with E-state index in [1.807, 2.05) is 32.4 Å². The molecule has 0 aliphatic carbocycles. The van der Waals surface area contributed by atoms with Crippen molar-refractivity contribution in [1.82, 2.24) is 20.1 Å². The minimum Gasteiger partial charge on any atom is -0.346 e. The molecule has 1 heterocycles. The number of amides is 1. The van der Waals surface area contributed by atoms with Crippen molar-refractivity contribution in [3.8, 4) is 0 Å². The van der Waals surface area contributed by atoms with E-state index >= 15 is 0 Å². The highest BCUT2D eigenvalue weighted by molar-refractivity contribution is 5.78. The Labute approximate surface area is 114 Å². The average Bonchev–Trinajstić information content (AvgIpc) is 2.74. The van der Waals surface area contributed by atoms with Crippen molar-refractivity contribution in [3.05, 3.63) is 12.2 Å². The molecule has 3 atom stereocenters. The maximum Gasteiger partial charge on any atom is 0.223 e. The Kier molecular flexibility index (Phi) is 5.95. The van der Waals surface area contributed by atoms with Crippen LogP contribution in [0.5, 0.6) is 0 Å². The fourth-order valence-electron chi connectivity index (χ4n) is 1.98. The van der Waals surface area contributed by atoms with E-state index in [1.54, 1.807) is 6.33 Å². The summed E-state index contributed by atoms with van der Waals surface area (Å²) in [6.07, 6.45) is 4.42. The fraction of sp³-hybridized carbons (Fsp3) is 0.769. The number of hydrogen-bond acceptors (Lipinski definition) is 4. The Bertz CT molecular complexity index is 401. The van der Waals surface area contributed by atoms with Gasteiger partial charge in [0.15, 0.2) is 5.82 Å². The van der Waals surface area contributed by atoms with Gasteiger partial charge in [0.05, 0.1) is 6.04 Å². The van der Waals surface area contributed by atoms with Crippen molar-refractivity contribution in [1.29, 1.82) is 0 Å². The van der Waals surface area contributed by atoms with Gasteiger partial charge in [-0.1, -0.05) is 13.3 Å². The van der Waals surface area contributed by atoms with E-state index in [1.165, 1.54) is 0 Å². The van der Waals surface area contributed by atoms with Gasteiger partial charge in [-0.15, -0.1) is 10.2 Å². The largest absolute Gasteiger partial charge is 0.346 e. The maximum absolute atomic E-state index is 12.0. The third-order valence-electron chi connectivity index (χ3n) is 3.24. The van der Waals surface area contributed by atoms with E-state index in [-0.39, 0.29) is 23.9 Å². The molecular weight excluding hydrogens is 242 g/mol. The van der Waals surface area contributed by atoms with E-state index in [9.17, 15) is 4.79 Å². The highest BCUT2D eigenvalue weighted by Crippen LogP contribution is 2.12. The van der Waals surface area contributed by atoms with Crippen LogP contribution in [0.4, 0.5) is 0 Å². The lowest BCUT2D eigenvalue weighted by molar-refractivity contribution is -0.125. The molecule has 0 aromatic carbocycles. The standard InChI is InChI=1S/C13H25N5O/c1-9(6-5-7-10(2)14)13(19)16-11(3)12-17-15-8-18(12)4/h8-11H,5-7,14H2,1-4H3,(H,16,19). The number of nitrogens with two attached hydrogens (primary N) is 1. The lowest BCUT2D eigenvalue weighted by Gasteiger charge is -2.17. The smallest absolute Gasteiger partial charge is 0.223 e. The molecule has 108 valence electrons. The van der Waals surface area contributed by atoms with Gasteiger partial charge < -0.3 is 15.6 Å². The number of hydrogen-bond donors (Lipinski definition) is 2. The van der Waals surface area contributed by atoms with E-state index in [0.29, 0.717) is 0 Å². The van der Waals surface area contributed by atoms with Crippen LogP contribution in [0.3, 0.4) is 0 Å². The topological polar surface area (TPSA) is 85.8 Å². The first kappa shape index (κ1) is 15.6. The molecule has 3 N–H and O–H groups in total. The summed E-state index contributed by atoms with van der Waals surface area (Å²) in [5.74, 6) is 0.811. The van der Waals surface area contributed by atoms with Crippen LogP contribution in [0.25, 0.3) is 0 Å². The third-order valence-corrected chi connectivity index (χ3v) is 3.24. The van der Waals surface area contributed by atoms with Crippen molar-refractivity contribution >= 4 is 5.91 Å². The second kappa shape index (κ2) is 7.23. The van der Waals surface area contributed by atoms with Crippen LogP contribution in [0.2, 0.25) is 0 Å². The predicted octanol–water partition coefficient (Wildman–Crippen LogP) is 1.15. The van der Waals surface area contributed by atoms with Gasteiger partial charge in [0.25, 0.3) is 0 Å². The number of rotatable bonds is 7. The second-order valence-electron chi connectivity index (χ2n) is 5.34. The Hall–Kier alpha value is -1.43. The first-order valence-electron chi connectivity index (χ1n) is 6.81. The van der Waals surface area contributed by atoms with Crippen LogP contribution >= 0.6 is 0 Å². The average molecular weight is 267 g/mol. The molecule has 3 unspecified atom stereocenters. The Morgan fingerprint density at radius 1 is 1.42 bits per heavy atom. The first-order valence-corrected chi connectivity index (χ1v) is 6.81. The fourth-order valence-corrected chi connectivity index (χ4v) is 1.98. The predicted molar refractivity (Wildman–Crippen MR) is 74.2 cm³/mol. The number of nitrogens with one attached hydrogen (secondary N) is 1. The molecule has 0 saturated heterocycles. The minimum absolute atomic E-state index is 0.00516. The Balaban J connectivity index is 2.39. The SMILES string of the molecule is CC(N)CCCC(C)C(=O)NC(C)c1nncn1C. The zero-order valence-corrected chi connectivity index (χ0v) is 12.3. The van der Waals surface area contributed by atoms with Crippen molar-refractivity contribution in [2.75, 3.05) is 0 Å². The van der Waals surface area contributed by atoms with Crippen molar-refractivity contribution in [2.45, 2.75) is 52.1 Å². The van der Waals surface area contributed by atoms with Gasteiger partial charge in [0, 0.05) is 19.0 Å². The zero-order valence-electron chi connectivity index (χ0n) is 12.3. The number of aryl methyl sites for hydroxylation is 1. The molecule has 6 heteroatoms. The summed E-state index contributed by atoms with van der Waals surface area (Å²) >= 11 is 0. The lowest BCUT2D eigenvalue weighted by atomic mass is 10.0. The van der Waals surface area contributed by atoms with E-state index < -0.39 is 0 Å². The number of carbonyl (C=O) groups excluding carboxylic acids is 1. The highest BCUT2D eigenvalue weighted by atomic mass is 16.1. The summed E-state index contributed by atoms with van der Waals surface area (Å²) < 4.78 is 1.81. The first-order chi connectivity index (χ1) is 8.91. The molecule has 0 spiro atoms. The van der Waals surface area contributed by atoms with E-state index in [2.05, 4.69) is 15.5 Å². The summed E-state index contributed by atoms with van der Waals surface area (Å²) in [6, 6.07) is 0.0729. The molecule has 0 radical (unpaired) electrons. The molecule has 1 aromatic rings. The molecule has 0 saturated carbocycles. The molecule has 0 bridgehead atoms. The van der Waals surface area contributed by atoms with Crippen LogP contribution < -0.4 is 11.1 Å². The summed E-state index contributed by atoms with van der Waals surface area (Å²) in [4.78, 5) is 12.0. The van der Waals surface area contributed by atoms with Gasteiger partial charge in [-0.25, -0.2) is 0 Å².